The zero-order valence-corrected chi connectivity index (χ0v) is 14.3. The first-order chi connectivity index (χ1) is 12.9. The van der Waals surface area contributed by atoms with E-state index in [0.717, 1.165) is 22.4 Å². The molecule has 1 nitrogen and oxygen atoms in total. The summed E-state index contributed by atoms with van der Waals surface area (Å²) in [7, 11) is 0. The molecule has 0 aliphatic heterocycles. The maximum absolute atomic E-state index is 4.40. The summed E-state index contributed by atoms with van der Waals surface area (Å²) in [6, 6.07) is 32.8. The fourth-order valence-electron chi connectivity index (χ4n) is 2.81. The van der Waals surface area contributed by atoms with Gasteiger partial charge < -0.3 is 0 Å². The van der Waals surface area contributed by atoms with E-state index in [4.69, 9.17) is 0 Å². The van der Waals surface area contributed by atoms with Gasteiger partial charge in [-0.05, 0) is 47.5 Å². The predicted molar refractivity (Wildman–Crippen MR) is 108 cm³/mol. The minimum absolute atomic E-state index is 0.961. The van der Waals surface area contributed by atoms with Crippen molar-refractivity contribution in [3.8, 4) is 34.2 Å². The maximum atomic E-state index is 4.40. The van der Waals surface area contributed by atoms with Crippen LogP contribution < -0.4 is 0 Å². The van der Waals surface area contributed by atoms with Gasteiger partial charge in [-0.2, -0.15) is 0 Å². The molecule has 0 bridgehead atoms. The summed E-state index contributed by atoms with van der Waals surface area (Å²) in [6.07, 6.45) is 1.81. The highest BCUT2D eigenvalue weighted by atomic mass is 14.7. The average Bonchev–Trinajstić information content (AvgIpc) is 2.74. The molecule has 1 heterocycles. The Bertz CT molecular complexity index is 1050. The molecule has 0 N–H and O–H groups in total. The summed E-state index contributed by atoms with van der Waals surface area (Å²) < 4.78 is 0. The highest BCUT2D eigenvalue weighted by Gasteiger charge is 1.99. The molecule has 1 heteroatoms. The number of hydrogen-bond donors (Lipinski definition) is 0. The smallest absolute Gasteiger partial charge is 0.0702 e. The number of hydrogen-bond acceptors (Lipinski definition) is 1. The van der Waals surface area contributed by atoms with Crippen LogP contribution in [0, 0.1) is 11.8 Å². The van der Waals surface area contributed by atoms with Crippen LogP contribution in [-0.2, 0) is 0 Å². The van der Waals surface area contributed by atoms with Gasteiger partial charge in [-0.25, -0.2) is 0 Å². The third-order valence-electron chi connectivity index (χ3n) is 4.17. The summed E-state index contributed by atoms with van der Waals surface area (Å²) in [4.78, 5) is 4.40. The van der Waals surface area contributed by atoms with Crippen molar-refractivity contribution in [1.82, 2.24) is 4.98 Å². The van der Waals surface area contributed by atoms with Gasteiger partial charge >= 0.3 is 0 Å². The predicted octanol–water partition coefficient (Wildman–Crippen LogP) is 5.82. The van der Waals surface area contributed by atoms with Gasteiger partial charge in [0.15, 0.2) is 0 Å². The summed E-state index contributed by atoms with van der Waals surface area (Å²) in [5.41, 5.74) is 6.46. The second-order valence-corrected chi connectivity index (χ2v) is 5.99. The Hall–Kier alpha value is -3.63. The second-order valence-electron chi connectivity index (χ2n) is 5.99. The number of rotatable bonds is 2. The van der Waals surface area contributed by atoms with Crippen LogP contribution in [0.5, 0.6) is 0 Å². The van der Waals surface area contributed by atoms with Crippen LogP contribution in [0.4, 0.5) is 0 Å². The minimum atomic E-state index is 0.961. The van der Waals surface area contributed by atoms with Crippen LogP contribution in [0.25, 0.3) is 22.4 Å². The highest BCUT2D eigenvalue weighted by Crippen LogP contribution is 2.19. The molecule has 26 heavy (non-hydrogen) atoms. The van der Waals surface area contributed by atoms with Crippen molar-refractivity contribution in [2.24, 2.45) is 0 Å². The molecule has 3 aromatic carbocycles. The first-order valence-electron chi connectivity index (χ1n) is 8.57. The topological polar surface area (TPSA) is 12.9 Å². The normalized spacial score (nSPS) is 10.0. The van der Waals surface area contributed by atoms with Crippen molar-refractivity contribution in [2.75, 3.05) is 0 Å². The van der Waals surface area contributed by atoms with Crippen LogP contribution in [0.15, 0.2) is 103 Å². The Morgan fingerprint density at radius 1 is 0.500 bits per heavy atom. The molecule has 1 aromatic heterocycles. The lowest BCUT2D eigenvalue weighted by Crippen LogP contribution is -1.83. The molecule has 4 aromatic rings. The molecule has 0 saturated heterocycles. The van der Waals surface area contributed by atoms with E-state index in [1.54, 1.807) is 0 Å². The fourth-order valence-corrected chi connectivity index (χ4v) is 2.81. The number of benzene rings is 3. The van der Waals surface area contributed by atoms with Crippen LogP contribution >= 0.6 is 0 Å². The molecule has 0 fully saturated rings. The SMILES string of the molecule is C(#Cc1cccc(-c2ccccn2)c1)c1ccc(-c2ccccc2)cc1. The lowest BCUT2D eigenvalue weighted by atomic mass is 10.0. The van der Waals surface area contributed by atoms with Gasteiger partial charge in [-0.3, -0.25) is 4.98 Å². The molecule has 0 aliphatic carbocycles. The van der Waals surface area contributed by atoms with Crippen LogP contribution in [0.2, 0.25) is 0 Å². The highest BCUT2D eigenvalue weighted by molar-refractivity contribution is 5.65. The van der Waals surface area contributed by atoms with E-state index in [9.17, 15) is 0 Å². The van der Waals surface area contributed by atoms with Crippen molar-refractivity contribution < 1.29 is 0 Å². The van der Waals surface area contributed by atoms with Gasteiger partial charge in [0.05, 0.1) is 5.69 Å². The zero-order valence-electron chi connectivity index (χ0n) is 14.3. The first kappa shape index (κ1) is 15.9. The fraction of sp³-hybridized carbons (Fsp3) is 0. The standard InChI is InChI=1S/C25H17N/c1-2-8-22(9-3-1)23-16-14-20(15-17-23)12-13-21-7-6-10-24(19-21)25-11-4-5-18-26-25/h1-11,14-19H. The van der Waals surface area contributed by atoms with Crippen LogP contribution in [0.1, 0.15) is 11.1 Å². The Morgan fingerprint density at radius 2 is 1.19 bits per heavy atom. The van der Waals surface area contributed by atoms with E-state index < -0.39 is 0 Å². The largest absolute Gasteiger partial charge is 0.256 e. The lowest BCUT2D eigenvalue weighted by molar-refractivity contribution is 1.32. The summed E-state index contributed by atoms with van der Waals surface area (Å²) in [5.74, 6) is 6.50. The van der Waals surface area contributed by atoms with E-state index >= 15 is 0 Å². The van der Waals surface area contributed by atoms with Crippen LogP contribution in [0.3, 0.4) is 0 Å². The molecule has 0 aliphatic rings. The van der Waals surface area contributed by atoms with Crippen molar-refractivity contribution >= 4 is 0 Å². The third kappa shape index (κ3) is 3.71. The lowest BCUT2D eigenvalue weighted by Gasteiger charge is -2.01. The molecule has 0 radical (unpaired) electrons. The van der Waals surface area contributed by atoms with E-state index in [-0.39, 0.29) is 0 Å². The summed E-state index contributed by atoms with van der Waals surface area (Å²) in [5, 5.41) is 0. The van der Waals surface area contributed by atoms with Gasteiger partial charge in [-0.15, -0.1) is 0 Å². The van der Waals surface area contributed by atoms with Gasteiger partial charge in [-0.1, -0.05) is 72.5 Å². The van der Waals surface area contributed by atoms with E-state index in [0.29, 0.717) is 0 Å². The van der Waals surface area contributed by atoms with Gasteiger partial charge in [0.1, 0.15) is 0 Å². The molecule has 4 rings (SSSR count). The molecule has 122 valence electrons. The zero-order chi connectivity index (χ0) is 17.6. The number of aromatic nitrogens is 1. The van der Waals surface area contributed by atoms with Crippen molar-refractivity contribution in [3.05, 3.63) is 114 Å². The molecule has 0 spiro atoms. The van der Waals surface area contributed by atoms with Crippen molar-refractivity contribution in [1.29, 1.82) is 0 Å². The molecule has 0 unspecified atom stereocenters. The molecule has 0 amide bonds. The average molecular weight is 331 g/mol. The van der Waals surface area contributed by atoms with Crippen molar-refractivity contribution in [2.45, 2.75) is 0 Å². The second kappa shape index (κ2) is 7.51. The van der Waals surface area contributed by atoms with E-state index in [2.05, 4.69) is 77.5 Å². The third-order valence-corrected chi connectivity index (χ3v) is 4.17. The Labute approximate surface area is 154 Å². The molecular formula is C25H17N. The Balaban J connectivity index is 1.56. The Kier molecular flexibility index (Phi) is 4.58. The van der Waals surface area contributed by atoms with Crippen LogP contribution in [-0.4, -0.2) is 4.98 Å². The summed E-state index contributed by atoms with van der Waals surface area (Å²) in [6.45, 7) is 0. The molecule has 0 saturated carbocycles. The Morgan fingerprint density at radius 3 is 1.96 bits per heavy atom. The quantitative estimate of drug-likeness (QED) is 0.422. The number of nitrogens with zero attached hydrogens (tertiary/aromatic N) is 1. The molecule has 0 atom stereocenters. The number of pyridine rings is 1. The minimum Gasteiger partial charge on any atom is -0.256 e. The van der Waals surface area contributed by atoms with Gasteiger partial charge in [0.2, 0.25) is 0 Å². The molecular weight excluding hydrogens is 314 g/mol. The van der Waals surface area contributed by atoms with E-state index in [1.165, 1.54) is 11.1 Å². The maximum Gasteiger partial charge on any atom is 0.0702 e. The van der Waals surface area contributed by atoms with Gasteiger partial charge in [0.25, 0.3) is 0 Å². The monoisotopic (exact) mass is 331 g/mol. The van der Waals surface area contributed by atoms with Gasteiger partial charge in [0, 0.05) is 22.9 Å². The first-order valence-corrected chi connectivity index (χ1v) is 8.57. The van der Waals surface area contributed by atoms with Crippen molar-refractivity contribution in [3.63, 3.8) is 0 Å². The van der Waals surface area contributed by atoms with E-state index in [1.807, 2.05) is 42.6 Å². The summed E-state index contributed by atoms with van der Waals surface area (Å²) >= 11 is 0.